The van der Waals surface area contributed by atoms with Gasteiger partial charge in [0.15, 0.2) is 0 Å². The topological polar surface area (TPSA) is 0 Å². The lowest BCUT2D eigenvalue weighted by Crippen LogP contribution is -2.20. The third-order valence-electron chi connectivity index (χ3n) is 1.84. The van der Waals surface area contributed by atoms with Gasteiger partial charge in [-0.05, 0) is 12.3 Å². The van der Waals surface area contributed by atoms with E-state index in [2.05, 4.69) is 0 Å². The Labute approximate surface area is 62.6 Å². The van der Waals surface area contributed by atoms with Crippen LogP contribution in [0.1, 0.15) is 25.7 Å². The van der Waals surface area contributed by atoms with Crippen LogP contribution in [0.5, 0.6) is 0 Å². The van der Waals surface area contributed by atoms with E-state index in [9.17, 15) is 17.6 Å². The maximum Gasteiger partial charge on any atom is 0.378 e. The first-order valence-corrected chi connectivity index (χ1v) is 3.58. The van der Waals surface area contributed by atoms with Crippen LogP contribution in [0.4, 0.5) is 17.6 Å². The molecule has 0 spiro atoms. The molecule has 1 rings (SSSR count). The van der Waals surface area contributed by atoms with E-state index < -0.39 is 18.8 Å². The summed E-state index contributed by atoms with van der Waals surface area (Å²) in [5, 5.41) is 0. The molecule has 0 saturated heterocycles. The van der Waals surface area contributed by atoms with Crippen molar-refractivity contribution in [3.05, 3.63) is 6.43 Å². The molecule has 1 aliphatic carbocycles. The van der Waals surface area contributed by atoms with Gasteiger partial charge >= 0.3 is 12.3 Å². The zero-order chi connectivity index (χ0) is 8.48. The molecule has 0 amide bonds. The molecule has 0 aromatic heterocycles. The molecule has 0 aromatic carbocycles. The Bertz CT molecular complexity index is 128. The summed E-state index contributed by atoms with van der Waals surface area (Å²) in [5.41, 5.74) is 0. The van der Waals surface area contributed by atoms with Crippen molar-refractivity contribution >= 4 is 0 Å². The van der Waals surface area contributed by atoms with Gasteiger partial charge in [0.25, 0.3) is 0 Å². The second kappa shape index (κ2) is 2.99. The van der Waals surface area contributed by atoms with Gasteiger partial charge in [-0.1, -0.05) is 12.8 Å². The lowest BCUT2D eigenvalue weighted by Gasteiger charge is -2.12. The van der Waals surface area contributed by atoms with Crippen LogP contribution in [0.15, 0.2) is 0 Å². The Balaban J connectivity index is 2.20. The minimum atomic E-state index is -3.84. The van der Waals surface area contributed by atoms with Crippen LogP contribution in [-0.4, -0.2) is 5.92 Å². The van der Waals surface area contributed by atoms with Gasteiger partial charge in [-0.3, -0.25) is 0 Å². The summed E-state index contributed by atoms with van der Waals surface area (Å²) in [5.74, 6) is -3.57. The summed E-state index contributed by atoms with van der Waals surface area (Å²) < 4.78 is 47.2. The van der Waals surface area contributed by atoms with Crippen LogP contribution in [0, 0.1) is 12.3 Å². The van der Waals surface area contributed by atoms with Gasteiger partial charge in [-0.2, -0.15) is 17.6 Å². The van der Waals surface area contributed by atoms with Gasteiger partial charge in [0.05, 0.1) is 0 Å². The molecule has 11 heavy (non-hydrogen) atoms. The highest BCUT2D eigenvalue weighted by Crippen LogP contribution is 2.40. The monoisotopic (exact) mass is 169 g/mol. The van der Waals surface area contributed by atoms with Gasteiger partial charge in [0.2, 0.25) is 0 Å². The molecular weight excluding hydrogens is 160 g/mol. The molecule has 0 N–H and O–H groups in total. The van der Waals surface area contributed by atoms with E-state index in [4.69, 9.17) is 0 Å². The number of rotatable bonds is 4. The van der Waals surface area contributed by atoms with Crippen molar-refractivity contribution in [2.24, 2.45) is 5.92 Å². The third-order valence-corrected chi connectivity index (χ3v) is 1.84. The fourth-order valence-electron chi connectivity index (χ4n) is 0.886. The van der Waals surface area contributed by atoms with E-state index in [0.717, 1.165) is 12.8 Å². The van der Waals surface area contributed by atoms with Crippen LogP contribution >= 0.6 is 0 Å². The van der Waals surface area contributed by atoms with Crippen LogP contribution in [-0.2, 0) is 0 Å². The molecule has 0 nitrogen and oxygen atoms in total. The van der Waals surface area contributed by atoms with Gasteiger partial charge in [-0.25, -0.2) is 0 Å². The largest absolute Gasteiger partial charge is 0.378 e. The van der Waals surface area contributed by atoms with E-state index in [1.807, 2.05) is 0 Å². The number of alkyl halides is 2. The summed E-state index contributed by atoms with van der Waals surface area (Å²) in [6.45, 7) is 0. The van der Waals surface area contributed by atoms with Crippen LogP contribution in [0.3, 0.4) is 0 Å². The van der Waals surface area contributed by atoms with Crippen molar-refractivity contribution in [3.63, 3.8) is 0 Å². The molecule has 0 aliphatic heterocycles. The fraction of sp³-hybridized carbons (Fsp3) is 0.857. The SMILES string of the molecule is F[C](F)C(F)(F)CCC1CC1. The zero-order valence-corrected chi connectivity index (χ0v) is 5.92. The average molecular weight is 169 g/mol. The predicted octanol–water partition coefficient (Wildman–Crippen LogP) is 3.24. The summed E-state index contributed by atoms with van der Waals surface area (Å²) in [6, 6.07) is 0. The maximum atomic E-state index is 12.1. The lowest BCUT2D eigenvalue weighted by atomic mass is 10.1. The summed E-state index contributed by atoms with van der Waals surface area (Å²) in [7, 11) is 0. The van der Waals surface area contributed by atoms with Gasteiger partial charge < -0.3 is 0 Å². The van der Waals surface area contributed by atoms with E-state index in [1.54, 1.807) is 0 Å². The number of hydrogen-bond acceptors (Lipinski definition) is 0. The van der Waals surface area contributed by atoms with Crippen molar-refractivity contribution in [2.45, 2.75) is 31.6 Å². The highest BCUT2D eigenvalue weighted by molar-refractivity contribution is 4.85. The molecular formula is C7H9F4. The molecule has 1 saturated carbocycles. The van der Waals surface area contributed by atoms with Crippen molar-refractivity contribution in [3.8, 4) is 0 Å². The zero-order valence-electron chi connectivity index (χ0n) is 5.92. The molecule has 4 heteroatoms. The second-order valence-electron chi connectivity index (χ2n) is 2.95. The predicted molar refractivity (Wildman–Crippen MR) is 32.4 cm³/mol. The Morgan fingerprint density at radius 3 is 2.18 bits per heavy atom. The van der Waals surface area contributed by atoms with E-state index in [0.29, 0.717) is 0 Å². The summed E-state index contributed by atoms with van der Waals surface area (Å²) >= 11 is 0. The van der Waals surface area contributed by atoms with Gasteiger partial charge in [0, 0.05) is 6.42 Å². The molecule has 1 radical (unpaired) electrons. The Morgan fingerprint density at radius 2 is 1.82 bits per heavy atom. The second-order valence-corrected chi connectivity index (χ2v) is 2.95. The molecule has 0 atom stereocenters. The number of halogens is 4. The summed E-state index contributed by atoms with van der Waals surface area (Å²) in [6.07, 6.45) is -1.38. The molecule has 0 bridgehead atoms. The first-order valence-electron chi connectivity index (χ1n) is 3.58. The van der Waals surface area contributed by atoms with Crippen molar-refractivity contribution in [1.29, 1.82) is 0 Å². The first kappa shape index (κ1) is 8.81. The highest BCUT2D eigenvalue weighted by Gasteiger charge is 2.43. The Morgan fingerprint density at radius 1 is 1.27 bits per heavy atom. The molecule has 0 heterocycles. The lowest BCUT2D eigenvalue weighted by molar-refractivity contribution is -0.0676. The third kappa shape index (κ3) is 2.67. The van der Waals surface area contributed by atoms with Crippen LogP contribution in [0.2, 0.25) is 0 Å². The maximum absolute atomic E-state index is 12.1. The molecule has 0 unspecified atom stereocenters. The number of hydrogen-bond donors (Lipinski definition) is 0. The Hall–Kier alpha value is -0.280. The van der Waals surface area contributed by atoms with Gasteiger partial charge in [0.1, 0.15) is 0 Å². The van der Waals surface area contributed by atoms with Crippen LogP contribution in [0.25, 0.3) is 0 Å². The quantitative estimate of drug-likeness (QED) is 0.566. The minimum Gasteiger partial charge on any atom is -0.200 e. The minimum absolute atomic E-state index is 0.227. The van der Waals surface area contributed by atoms with E-state index in [1.165, 1.54) is 0 Å². The Kier molecular flexibility index (Phi) is 2.40. The van der Waals surface area contributed by atoms with Gasteiger partial charge in [-0.15, -0.1) is 0 Å². The standard InChI is InChI=1S/C7H9F4/c8-6(9)7(10,11)4-3-5-1-2-5/h5H,1-4H2. The van der Waals surface area contributed by atoms with Crippen LogP contribution < -0.4 is 0 Å². The molecule has 65 valence electrons. The first-order chi connectivity index (χ1) is 5.02. The smallest absolute Gasteiger partial charge is 0.200 e. The molecule has 1 aliphatic rings. The van der Waals surface area contributed by atoms with E-state index >= 15 is 0 Å². The van der Waals surface area contributed by atoms with Crippen molar-refractivity contribution < 1.29 is 17.6 Å². The molecule has 0 aromatic rings. The highest BCUT2D eigenvalue weighted by atomic mass is 19.3. The van der Waals surface area contributed by atoms with E-state index in [-0.39, 0.29) is 12.3 Å². The van der Waals surface area contributed by atoms with Crippen molar-refractivity contribution in [2.75, 3.05) is 0 Å². The fourth-order valence-corrected chi connectivity index (χ4v) is 0.886. The van der Waals surface area contributed by atoms with Crippen molar-refractivity contribution in [1.82, 2.24) is 0 Å². The average Bonchev–Trinajstić information content (AvgIpc) is 2.65. The summed E-state index contributed by atoms with van der Waals surface area (Å²) in [4.78, 5) is 0. The normalized spacial score (nSPS) is 19.4. The molecule has 1 fully saturated rings.